The van der Waals surface area contributed by atoms with Gasteiger partial charge in [0.1, 0.15) is 0 Å². The van der Waals surface area contributed by atoms with E-state index < -0.39 is 0 Å². The van der Waals surface area contributed by atoms with E-state index in [-0.39, 0.29) is 0 Å². The summed E-state index contributed by atoms with van der Waals surface area (Å²) in [5, 5.41) is 3.90. The van der Waals surface area contributed by atoms with Gasteiger partial charge in [-0.2, -0.15) is 0 Å². The zero-order valence-corrected chi connectivity index (χ0v) is 14.0. The van der Waals surface area contributed by atoms with E-state index in [4.69, 9.17) is 4.74 Å². The lowest BCUT2D eigenvalue weighted by Crippen LogP contribution is -2.52. The van der Waals surface area contributed by atoms with Crippen LogP contribution in [0.5, 0.6) is 0 Å². The van der Waals surface area contributed by atoms with Crippen LogP contribution in [0.25, 0.3) is 0 Å². The zero-order chi connectivity index (χ0) is 14.5. The standard InChI is InChI=1S/C19H35NO/c1-2-20-18(16-9-6-4-3-5-7-10-16)17-11-14-21-19(15-17)12-8-13-19/h16-18,20H,2-15H2,1H3. The van der Waals surface area contributed by atoms with E-state index in [0.717, 1.165) is 31.0 Å². The summed E-state index contributed by atoms with van der Waals surface area (Å²) in [4.78, 5) is 0. The van der Waals surface area contributed by atoms with E-state index >= 15 is 0 Å². The van der Waals surface area contributed by atoms with Crippen LogP contribution < -0.4 is 5.32 Å². The van der Waals surface area contributed by atoms with Crippen LogP contribution >= 0.6 is 0 Å². The number of ether oxygens (including phenoxy) is 1. The molecule has 2 nitrogen and oxygen atoms in total. The van der Waals surface area contributed by atoms with Gasteiger partial charge in [0.15, 0.2) is 0 Å². The molecular formula is C19H35NO. The van der Waals surface area contributed by atoms with Crippen molar-refractivity contribution in [2.75, 3.05) is 13.2 Å². The molecule has 1 aliphatic heterocycles. The van der Waals surface area contributed by atoms with E-state index in [2.05, 4.69) is 12.2 Å². The molecule has 0 aromatic carbocycles. The number of hydrogen-bond acceptors (Lipinski definition) is 2. The molecule has 2 saturated carbocycles. The first kappa shape index (κ1) is 15.8. The first-order chi connectivity index (χ1) is 10.3. The topological polar surface area (TPSA) is 21.3 Å². The first-order valence-electron chi connectivity index (χ1n) is 9.70. The summed E-state index contributed by atoms with van der Waals surface area (Å²) in [6.45, 7) is 4.43. The second kappa shape index (κ2) is 7.46. The quantitative estimate of drug-likeness (QED) is 0.813. The number of nitrogens with one attached hydrogen (secondary N) is 1. The van der Waals surface area contributed by atoms with Crippen LogP contribution in [-0.4, -0.2) is 24.8 Å². The van der Waals surface area contributed by atoms with Crippen molar-refractivity contribution in [3.05, 3.63) is 0 Å². The van der Waals surface area contributed by atoms with Gasteiger partial charge in [0.2, 0.25) is 0 Å². The van der Waals surface area contributed by atoms with E-state index in [9.17, 15) is 0 Å². The summed E-state index contributed by atoms with van der Waals surface area (Å²) in [6, 6.07) is 0.759. The van der Waals surface area contributed by atoms with Crippen LogP contribution in [0.3, 0.4) is 0 Å². The first-order valence-corrected chi connectivity index (χ1v) is 9.70. The highest BCUT2D eigenvalue weighted by atomic mass is 16.5. The fourth-order valence-electron chi connectivity index (χ4n) is 5.09. The zero-order valence-electron chi connectivity index (χ0n) is 14.0. The molecule has 1 heterocycles. The Balaban J connectivity index is 1.64. The highest BCUT2D eigenvalue weighted by Crippen LogP contribution is 2.46. The monoisotopic (exact) mass is 293 g/mol. The van der Waals surface area contributed by atoms with Crippen molar-refractivity contribution < 1.29 is 4.74 Å². The van der Waals surface area contributed by atoms with E-state index in [1.54, 1.807) is 0 Å². The summed E-state index contributed by atoms with van der Waals surface area (Å²) in [5.74, 6) is 1.79. The molecular weight excluding hydrogens is 258 g/mol. The summed E-state index contributed by atoms with van der Waals surface area (Å²) in [5.41, 5.74) is 0.304. The third-order valence-electron chi connectivity index (χ3n) is 6.40. The van der Waals surface area contributed by atoms with Crippen molar-refractivity contribution in [1.29, 1.82) is 0 Å². The summed E-state index contributed by atoms with van der Waals surface area (Å²) >= 11 is 0. The van der Waals surface area contributed by atoms with Crippen molar-refractivity contribution in [2.24, 2.45) is 11.8 Å². The lowest BCUT2D eigenvalue weighted by Gasteiger charge is -2.50. The van der Waals surface area contributed by atoms with Gasteiger partial charge in [-0.1, -0.05) is 39.0 Å². The van der Waals surface area contributed by atoms with Gasteiger partial charge in [0, 0.05) is 12.6 Å². The Morgan fingerprint density at radius 3 is 2.29 bits per heavy atom. The average Bonchev–Trinajstić information content (AvgIpc) is 2.44. The Bertz CT molecular complexity index is 305. The Kier molecular flexibility index (Phi) is 5.61. The molecule has 0 aromatic rings. The lowest BCUT2D eigenvalue weighted by molar-refractivity contribution is -0.149. The van der Waals surface area contributed by atoms with E-state index in [1.807, 2.05) is 0 Å². The molecule has 21 heavy (non-hydrogen) atoms. The second-order valence-corrected chi connectivity index (χ2v) is 7.83. The molecule has 1 saturated heterocycles. The van der Waals surface area contributed by atoms with Gasteiger partial charge in [-0.3, -0.25) is 0 Å². The molecule has 1 N–H and O–H groups in total. The molecule has 2 unspecified atom stereocenters. The third kappa shape index (κ3) is 3.82. The van der Waals surface area contributed by atoms with Crippen molar-refractivity contribution in [3.63, 3.8) is 0 Å². The molecule has 2 heteroatoms. The molecule has 3 fully saturated rings. The van der Waals surface area contributed by atoms with Crippen LogP contribution in [0.15, 0.2) is 0 Å². The van der Waals surface area contributed by atoms with Crippen LogP contribution in [-0.2, 0) is 4.74 Å². The van der Waals surface area contributed by atoms with Gasteiger partial charge in [-0.05, 0) is 63.3 Å². The number of rotatable bonds is 4. The molecule has 0 radical (unpaired) electrons. The van der Waals surface area contributed by atoms with Crippen LogP contribution in [0.2, 0.25) is 0 Å². The average molecular weight is 293 g/mol. The summed E-state index contributed by atoms with van der Waals surface area (Å²) in [7, 11) is 0. The predicted molar refractivity (Wildman–Crippen MR) is 88.5 cm³/mol. The van der Waals surface area contributed by atoms with Gasteiger partial charge in [-0.25, -0.2) is 0 Å². The molecule has 1 spiro atoms. The third-order valence-corrected chi connectivity index (χ3v) is 6.40. The van der Waals surface area contributed by atoms with Crippen molar-refractivity contribution in [1.82, 2.24) is 5.32 Å². The smallest absolute Gasteiger partial charge is 0.0685 e. The summed E-state index contributed by atoms with van der Waals surface area (Å²) < 4.78 is 6.16. The minimum Gasteiger partial charge on any atom is -0.375 e. The molecule has 0 aromatic heterocycles. The largest absolute Gasteiger partial charge is 0.375 e. The molecule has 0 amide bonds. The fraction of sp³-hybridized carbons (Fsp3) is 1.00. The Labute approximate surface area is 131 Å². The van der Waals surface area contributed by atoms with Gasteiger partial charge >= 0.3 is 0 Å². The minimum atomic E-state index is 0.304. The SMILES string of the molecule is CCNC(C1CCCCCCC1)C1CCOC2(CCC2)C1. The highest BCUT2D eigenvalue weighted by molar-refractivity contribution is 4.98. The molecule has 3 rings (SSSR count). The van der Waals surface area contributed by atoms with Crippen molar-refractivity contribution >= 4 is 0 Å². The van der Waals surface area contributed by atoms with Gasteiger partial charge < -0.3 is 10.1 Å². The van der Waals surface area contributed by atoms with Crippen LogP contribution in [0.4, 0.5) is 0 Å². The second-order valence-electron chi connectivity index (χ2n) is 7.83. The molecule has 2 atom stereocenters. The maximum absolute atomic E-state index is 6.16. The fourth-order valence-corrected chi connectivity index (χ4v) is 5.09. The van der Waals surface area contributed by atoms with E-state index in [1.165, 1.54) is 77.0 Å². The van der Waals surface area contributed by atoms with Crippen LogP contribution in [0, 0.1) is 11.8 Å². The van der Waals surface area contributed by atoms with Gasteiger partial charge in [0.25, 0.3) is 0 Å². The van der Waals surface area contributed by atoms with Crippen LogP contribution in [0.1, 0.15) is 84.0 Å². The van der Waals surface area contributed by atoms with Gasteiger partial charge in [0.05, 0.1) is 5.60 Å². The lowest BCUT2D eigenvalue weighted by atomic mass is 9.68. The molecule has 122 valence electrons. The molecule has 2 aliphatic carbocycles. The van der Waals surface area contributed by atoms with E-state index in [0.29, 0.717) is 5.60 Å². The van der Waals surface area contributed by atoms with Crippen molar-refractivity contribution in [2.45, 2.75) is 95.6 Å². The number of hydrogen-bond donors (Lipinski definition) is 1. The maximum atomic E-state index is 6.16. The minimum absolute atomic E-state index is 0.304. The Morgan fingerprint density at radius 2 is 1.67 bits per heavy atom. The van der Waals surface area contributed by atoms with Crippen molar-refractivity contribution in [3.8, 4) is 0 Å². The predicted octanol–water partition coefficient (Wildman–Crippen LogP) is 4.67. The maximum Gasteiger partial charge on any atom is 0.0685 e. The normalized spacial score (nSPS) is 32.1. The highest BCUT2D eigenvalue weighted by Gasteiger charge is 2.45. The molecule has 0 bridgehead atoms. The van der Waals surface area contributed by atoms with Gasteiger partial charge in [-0.15, -0.1) is 0 Å². The Morgan fingerprint density at radius 1 is 0.952 bits per heavy atom. The Hall–Kier alpha value is -0.0800. The summed E-state index contributed by atoms with van der Waals surface area (Å²) in [6.07, 6.45) is 16.9. The molecule has 3 aliphatic rings.